The van der Waals surface area contributed by atoms with E-state index in [1.54, 1.807) is 50.5 Å². The summed E-state index contributed by atoms with van der Waals surface area (Å²) < 4.78 is 5.44. The Kier molecular flexibility index (Phi) is 6.53. The molecule has 1 atom stereocenters. The Balaban J connectivity index is 1.60. The average molecular weight is 451 g/mol. The van der Waals surface area contributed by atoms with Crippen molar-refractivity contribution in [1.29, 1.82) is 0 Å². The van der Waals surface area contributed by atoms with Crippen LogP contribution in [0.1, 0.15) is 36.5 Å². The molecule has 1 saturated heterocycles. The molecule has 1 unspecified atom stereocenters. The Morgan fingerprint density at radius 1 is 1.09 bits per heavy atom. The molecule has 0 aromatic heterocycles. The molecule has 0 saturated carbocycles. The topological polar surface area (TPSA) is 82.2 Å². The first kappa shape index (κ1) is 22.6. The second kappa shape index (κ2) is 9.52. The molecule has 2 aromatic rings. The molecule has 1 N–H and O–H groups in total. The normalized spacial score (nSPS) is 17.2. The van der Waals surface area contributed by atoms with Crippen molar-refractivity contribution in [3.05, 3.63) is 48.0 Å². The van der Waals surface area contributed by atoms with Crippen LogP contribution in [0.15, 0.2) is 42.5 Å². The number of hydrogen-bond acceptors (Lipinski definition) is 5. The zero-order chi connectivity index (χ0) is 23.5. The summed E-state index contributed by atoms with van der Waals surface area (Å²) in [6.07, 6.45) is 2.75. The maximum Gasteiger partial charge on any atom is 0.253 e. The van der Waals surface area contributed by atoms with E-state index in [4.69, 9.17) is 4.74 Å². The summed E-state index contributed by atoms with van der Waals surface area (Å²) in [6.45, 7) is 3.15. The van der Waals surface area contributed by atoms with Gasteiger partial charge in [-0.3, -0.25) is 19.3 Å². The number of benzene rings is 2. The van der Waals surface area contributed by atoms with E-state index in [1.807, 2.05) is 13.0 Å². The molecule has 174 valence electrons. The van der Waals surface area contributed by atoms with Gasteiger partial charge in [0.05, 0.1) is 18.0 Å². The fraction of sp³-hybridized carbons (Fsp3) is 0.400. The summed E-state index contributed by atoms with van der Waals surface area (Å²) in [5.41, 5.74) is 2.61. The molecule has 8 heteroatoms. The lowest BCUT2D eigenvalue weighted by atomic mass is 9.95. The van der Waals surface area contributed by atoms with Crippen molar-refractivity contribution in [3.63, 3.8) is 0 Å². The molecule has 2 heterocycles. The van der Waals surface area contributed by atoms with Crippen molar-refractivity contribution < 1.29 is 19.1 Å². The van der Waals surface area contributed by atoms with Gasteiger partial charge in [0, 0.05) is 31.9 Å². The van der Waals surface area contributed by atoms with Crippen LogP contribution in [0.5, 0.6) is 5.75 Å². The van der Waals surface area contributed by atoms with E-state index in [0.717, 1.165) is 37.2 Å². The molecule has 2 aliphatic heterocycles. The van der Waals surface area contributed by atoms with E-state index in [-0.39, 0.29) is 30.3 Å². The molecule has 33 heavy (non-hydrogen) atoms. The van der Waals surface area contributed by atoms with E-state index in [2.05, 4.69) is 10.2 Å². The number of fused-ring (bicyclic) bond motifs is 3. The lowest BCUT2D eigenvalue weighted by Gasteiger charge is -2.45. The van der Waals surface area contributed by atoms with Crippen LogP contribution in [0, 0.1) is 0 Å². The summed E-state index contributed by atoms with van der Waals surface area (Å²) in [7, 11) is 3.38. The third kappa shape index (κ3) is 4.65. The maximum absolute atomic E-state index is 13.4. The first-order valence-electron chi connectivity index (χ1n) is 11.4. The van der Waals surface area contributed by atoms with Gasteiger partial charge in [-0.25, -0.2) is 0 Å². The molecule has 0 aliphatic carbocycles. The van der Waals surface area contributed by atoms with Gasteiger partial charge in [-0.1, -0.05) is 0 Å². The minimum absolute atomic E-state index is 0.0986. The first-order valence-corrected chi connectivity index (χ1v) is 11.4. The molecule has 0 spiro atoms. The maximum atomic E-state index is 13.4. The number of nitrogens with zero attached hydrogens (tertiary/aromatic N) is 3. The Morgan fingerprint density at radius 2 is 1.85 bits per heavy atom. The second-order valence-corrected chi connectivity index (χ2v) is 8.54. The van der Waals surface area contributed by atoms with E-state index < -0.39 is 0 Å². The van der Waals surface area contributed by atoms with E-state index in [1.165, 1.54) is 9.80 Å². The number of amides is 3. The number of nitrogens with one attached hydrogen (secondary N) is 1. The highest BCUT2D eigenvalue weighted by Crippen LogP contribution is 2.40. The summed E-state index contributed by atoms with van der Waals surface area (Å²) >= 11 is 0. The first-order chi connectivity index (χ1) is 15.9. The molecule has 2 aliphatic rings. The molecule has 4 rings (SSSR count). The number of ether oxygens (including phenoxy) is 1. The van der Waals surface area contributed by atoms with Gasteiger partial charge < -0.3 is 19.9 Å². The number of carbonyl (C=O) groups is 3. The minimum Gasteiger partial charge on any atom is -0.494 e. The van der Waals surface area contributed by atoms with Crippen molar-refractivity contribution in [3.8, 4) is 5.75 Å². The van der Waals surface area contributed by atoms with Crippen LogP contribution >= 0.6 is 0 Å². The van der Waals surface area contributed by atoms with Crippen LogP contribution in [-0.2, 0) is 9.59 Å². The third-order valence-electron chi connectivity index (χ3n) is 6.03. The van der Waals surface area contributed by atoms with Gasteiger partial charge in [0.25, 0.3) is 5.91 Å². The highest BCUT2D eigenvalue weighted by molar-refractivity contribution is 6.11. The molecule has 8 nitrogen and oxygen atoms in total. The Bertz CT molecular complexity index is 1050. The van der Waals surface area contributed by atoms with Crippen molar-refractivity contribution in [2.24, 2.45) is 0 Å². The van der Waals surface area contributed by atoms with Crippen LogP contribution in [0.25, 0.3) is 0 Å². The number of carbonyl (C=O) groups excluding carboxylic acids is 3. The fourth-order valence-corrected chi connectivity index (χ4v) is 4.46. The predicted octanol–water partition coefficient (Wildman–Crippen LogP) is 3.13. The monoisotopic (exact) mass is 450 g/mol. The summed E-state index contributed by atoms with van der Waals surface area (Å²) in [5, 5.41) is 2.86. The lowest BCUT2D eigenvalue weighted by molar-refractivity contribution is -0.123. The molecular weight excluding hydrogens is 420 g/mol. The van der Waals surface area contributed by atoms with Gasteiger partial charge in [-0.05, 0) is 68.7 Å². The molecule has 3 amide bonds. The van der Waals surface area contributed by atoms with Crippen LogP contribution in [0.4, 0.5) is 17.1 Å². The molecule has 1 fully saturated rings. The number of hydrogen-bond donors (Lipinski definition) is 1. The summed E-state index contributed by atoms with van der Waals surface area (Å²) in [6, 6.07) is 12.3. The highest BCUT2D eigenvalue weighted by Gasteiger charge is 2.40. The van der Waals surface area contributed by atoms with Gasteiger partial charge >= 0.3 is 0 Å². The quantitative estimate of drug-likeness (QED) is 0.731. The van der Waals surface area contributed by atoms with E-state index >= 15 is 0 Å². The predicted molar refractivity (Wildman–Crippen MR) is 128 cm³/mol. The fourth-order valence-electron chi connectivity index (χ4n) is 4.46. The van der Waals surface area contributed by atoms with Gasteiger partial charge in [-0.15, -0.1) is 0 Å². The summed E-state index contributed by atoms with van der Waals surface area (Å²) in [4.78, 5) is 44.0. The van der Waals surface area contributed by atoms with Gasteiger partial charge in [0.15, 0.2) is 0 Å². The zero-order valence-corrected chi connectivity index (χ0v) is 19.3. The van der Waals surface area contributed by atoms with Crippen molar-refractivity contribution >= 4 is 34.8 Å². The zero-order valence-electron chi connectivity index (χ0n) is 19.3. The largest absolute Gasteiger partial charge is 0.494 e. The second-order valence-electron chi connectivity index (χ2n) is 8.54. The van der Waals surface area contributed by atoms with E-state index in [0.29, 0.717) is 23.5 Å². The highest BCUT2D eigenvalue weighted by atomic mass is 16.5. The van der Waals surface area contributed by atoms with Crippen LogP contribution in [-0.4, -0.2) is 62.5 Å². The van der Waals surface area contributed by atoms with E-state index in [9.17, 15) is 14.4 Å². The Hall–Kier alpha value is -3.55. The third-order valence-corrected chi connectivity index (χ3v) is 6.03. The van der Waals surface area contributed by atoms with Crippen molar-refractivity contribution in [2.45, 2.75) is 32.2 Å². The van der Waals surface area contributed by atoms with Crippen molar-refractivity contribution in [1.82, 2.24) is 4.90 Å². The Labute approximate surface area is 194 Å². The van der Waals surface area contributed by atoms with Crippen LogP contribution in [0.3, 0.4) is 0 Å². The SMILES string of the molecule is CCOc1ccc(NC(=O)CN2C(=O)C3CCCCN3c3ccc(C(=O)N(C)C)cc32)cc1. The van der Waals surface area contributed by atoms with Crippen LogP contribution in [0.2, 0.25) is 0 Å². The number of piperidine rings is 1. The van der Waals surface area contributed by atoms with Gasteiger partial charge in [0.2, 0.25) is 11.8 Å². The molecule has 2 aromatic carbocycles. The van der Waals surface area contributed by atoms with Crippen LogP contribution < -0.4 is 19.9 Å². The number of rotatable bonds is 6. The average Bonchev–Trinajstić information content (AvgIpc) is 2.82. The van der Waals surface area contributed by atoms with Crippen molar-refractivity contribution in [2.75, 3.05) is 48.9 Å². The smallest absolute Gasteiger partial charge is 0.253 e. The minimum atomic E-state index is -0.299. The molecule has 0 bridgehead atoms. The summed E-state index contributed by atoms with van der Waals surface area (Å²) in [5.74, 6) is 0.182. The van der Waals surface area contributed by atoms with Gasteiger partial charge in [-0.2, -0.15) is 0 Å². The Morgan fingerprint density at radius 3 is 2.55 bits per heavy atom. The number of anilines is 3. The standard InChI is InChI=1S/C25H30N4O4/c1-4-33-19-11-9-18(10-12-19)26-23(30)16-29-22-15-17(24(31)27(2)3)8-13-20(22)28-14-6-5-7-21(28)25(29)32/h8-13,15,21H,4-7,14,16H2,1-3H3,(H,26,30). The molecular formula is C25H30N4O4. The molecule has 0 radical (unpaired) electrons. The lowest BCUT2D eigenvalue weighted by Crippen LogP contribution is -2.56. The van der Waals surface area contributed by atoms with Gasteiger partial charge in [0.1, 0.15) is 18.3 Å².